The number of hydrogen-bond donors (Lipinski definition) is 1. The predicted molar refractivity (Wildman–Crippen MR) is 25.1 cm³/mol. The Bertz CT molecular complexity index is 17.2. The van der Waals surface area contributed by atoms with Crippen LogP contribution in [-0.4, -0.2) is 12.2 Å². The molecular weight excluding hydrogens is 68.0 g/mol. The van der Waals surface area contributed by atoms with Gasteiger partial charge in [0.25, 0.3) is 0 Å². The first-order valence-corrected chi connectivity index (χ1v) is 0.651. The molecule has 0 aromatic heterocycles. The van der Waals surface area contributed by atoms with E-state index in [-0.39, 0.29) is 11.7 Å². The Kier molecular flexibility index (Phi) is 1330. The van der Waals surface area contributed by atoms with Gasteiger partial charge in [0, 0.05) is 11.4 Å². The van der Waals surface area contributed by atoms with Gasteiger partial charge in [-0.25, -0.2) is 0 Å². The standard InChI is InChI=1S/CH4O.CO.CH4.3H2/c2*1-2;;;;/h2H,1H3;;1H4;3*1H. The molecule has 0 saturated carbocycles. The summed E-state index contributed by atoms with van der Waals surface area (Å²) in [6.45, 7) is 4.50. The molecule has 0 heterocycles. The van der Waals surface area contributed by atoms with Gasteiger partial charge in [-0.15, -0.1) is 0 Å². The van der Waals surface area contributed by atoms with E-state index in [0.717, 1.165) is 7.11 Å². The van der Waals surface area contributed by atoms with Crippen molar-refractivity contribution < 1.29 is 14.0 Å². The molecule has 38 valence electrons. The molecule has 1 N–H and O–H groups in total. The van der Waals surface area contributed by atoms with Crippen molar-refractivity contribution in [1.82, 2.24) is 0 Å². The Hall–Kier alpha value is -0.300. The molecule has 0 atom stereocenters. The van der Waals surface area contributed by atoms with Gasteiger partial charge in [0.15, 0.2) is 0 Å². The monoisotopic (exact) mass is 82.1 g/mol. The Labute approximate surface area is 36.6 Å². The van der Waals surface area contributed by atoms with Gasteiger partial charge in [0.05, 0.1) is 0 Å². The number of hydrogen-bond acceptors (Lipinski definition) is 1. The van der Waals surface area contributed by atoms with Gasteiger partial charge < -0.3 is 5.11 Å². The van der Waals surface area contributed by atoms with Crippen LogP contribution in [0.3, 0.4) is 0 Å². The van der Waals surface area contributed by atoms with Gasteiger partial charge in [-0.1, -0.05) is 7.43 Å². The second-order valence-electron chi connectivity index (χ2n) is 0. The second-order valence-corrected chi connectivity index (χ2v) is 0. The molecule has 0 unspecified atom stereocenters. The second kappa shape index (κ2) is 300. The minimum Gasteiger partial charge on any atom is 0 e. The molecule has 2 nitrogen and oxygen atoms in total. The average Bonchev–Trinajstić information content (AvgIpc) is 1.50. The van der Waals surface area contributed by atoms with E-state index in [4.69, 9.17) is 9.76 Å². The fourth-order valence-corrected chi connectivity index (χ4v) is 0. The van der Waals surface area contributed by atoms with Crippen LogP contribution in [0, 0.1) is 6.65 Å². The SMILES string of the molecule is C.CO.[C-]#[O+].[HH].[HH].[HH]. The number of rotatable bonds is 0. The summed E-state index contributed by atoms with van der Waals surface area (Å²) in [7, 11) is 1.00. The Balaban J connectivity index is -0.00000000167. The first-order valence-electron chi connectivity index (χ1n) is 0.651. The van der Waals surface area contributed by atoms with E-state index in [9.17, 15) is 0 Å². The van der Waals surface area contributed by atoms with Crippen molar-refractivity contribution in [3.63, 3.8) is 0 Å². The molecule has 0 rings (SSSR count). The van der Waals surface area contributed by atoms with Crippen molar-refractivity contribution in [3.8, 4) is 0 Å². The van der Waals surface area contributed by atoms with E-state index in [0.29, 0.717) is 0 Å². The zero-order chi connectivity index (χ0) is 4.00. The molecule has 0 aromatic carbocycles. The molecule has 0 spiro atoms. The van der Waals surface area contributed by atoms with E-state index in [2.05, 4.69) is 6.65 Å². The normalized spacial score (nSPS) is 1.60. The van der Waals surface area contributed by atoms with E-state index in [1.165, 1.54) is 0 Å². The summed E-state index contributed by atoms with van der Waals surface area (Å²) < 4.78 is 7.50. The van der Waals surface area contributed by atoms with Gasteiger partial charge in [-0.2, -0.15) is 0 Å². The van der Waals surface area contributed by atoms with Crippen LogP contribution in [0.1, 0.15) is 11.7 Å². The van der Waals surface area contributed by atoms with Crippen LogP contribution in [-0.2, 0) is 4.65 Å². The average molecular weight is 82.1 g/mol. The summed E-state index contributed by atoms with van der Waals surface area (Å²) in [6.07, 6.45) is 0. The summed E-state index contributed by atoms with van der Waals surface area (Å²) in [6, 6.07) is 0. The van der Waals surface area contributed by atoms with Crippen molar-refractivity contribution in [1.29, 1.82) is 0 Å². The Morgan fingerprint density at radius 1 is 1.60 bits per heavy atom. The maximum Gasteiger partial charge on any atom is 0 e. The minimum atomic E-state index is 0. The van der Waals surface area contributed by atoms with Crippen LogP contribution >= 0.6 is 0 Å². The fraction of sp³-hybridized carbons (Fsp3) is 0.667. The first-order chi connectivity index (χ1) is 2.00. The molecular formula is C3H14O2. The van der Waals surface area contributed by atoms with Gasteiger partial charge in [-0.3, -0.25) is 0 Å². The molecule has 0 fully saturated rings. The summed E-state index contributed by atoms with van der Waals surface area (Å²) in [5, 5.41) is 7.00. The zero-order valence-corrected chi connectivity index (χ0v) is 2.36. The summed E-state index contributed by atoms with van der Waals surface area (Å²) in [5.74, 6) is 0. The van der Waals surface area contributed by atoms with Gasteiger partial charge >= 0.3 is 11.3 Å². The number of aliphatic hydroxyl groups excluding tert-OH is 1. The zero-order valence-electron chi connectivity index (χ0n) is 2.36. The maximum absolute atomic E-state index is 7.50. The Morgan fingerprint density at radius 3 is 1.60 bits per heavy atom. The Morgan fingerprint density at radius 2 is 1.60 bits per heavy atom. The van der Waals surface area contributed by atoms with E-state index < -0.39 is 0 Å². The van der Waals surface area contributed by atoms with Crippen LogP contribution < -0.4 is 0 Å². The minimum absolute atomic E-state index is 0. The molecule has 5 heavy (non-hydrogen) atoms. The molecule has 0 aliphatic heterocycles. The van der Waals surface area contributed by atoms with E-state index in [1.807, 2.05) is 0 Å². The molecule has 0 amide bonds. The van der Waals surface area contributed by atoms with Crippen LogP contribution in [0.25, 0.3) is 0 Å². The van der Waals surface area contributed by atoms with Crippen LogP contribution in [0.4, 0.5) is 0 Å². The van der Waals surface area contributed by atoms with E-state index >= 15 is 0 Å². The van der Waals surface area contributed by atoms with Crippen LogP contribution in [0.2, 0.25) is 0 Å². The molecule has 0 aromatic rings. The van der Waals surface area contributed by atoms with Gasteiger partial charge in [-0.05, 0) is 0 Å². The largest absolute Gasteiger partial charge is 0 e. The predicted octanol–water partition coefficient (Wildman–Crippen LogP) is 0.945. The fourth-order valence-electron chi connectivity index (χ4n) is 0. The van der Waals surface area contributed by atoms with E-state index in [1.54, 1.807) is 0 Å². The van der Waals surface area contributed by atoms with Crippen LogP contribution in [0.15, 0.2) is 0 Å². The molecule has 0 radical (unpaired) electrons. The maximum atomic E-state index is 7.50. The molecule has 0 aliphatic carbocycles. The van der Waals surface area contributed by atoms with Gasteiger partial charge in [0.1, 0.15) is 0 Å². The third kappa shape index (κ3) is 119. The van der Waals surface area contributed by atoms with Crippen molar-refractivity contribution in [2.75, 3.05) is 7.11 Å². The third-order valence-electron chi connectivity index (χ3n) is 0. The quantitative estimate of drug-likeness (QED) is 0.343. The van der Waals surface area contributed by atoms with Crippen molar-refractivity contribution >= 4 is 0 Å². The van der Waals surface area contributed by atoms with Gasteiger partial charge in [0.2, 0.25) is 0 Å². The topological polar surface area (TPSA) is 40.1 Å². The smallest absolute Gasteiger partial charge is 0 e. The van der Waals surface area contributed by atoms with Crippen molar-refractivity contribution in [2.24, 2.45) is 0 Å². The molecule has 2 heteroatoms. The summed E-state index contributed by atoms with van der Waals surface area (Å²) in [4.78, 5) is 0. The number of aliphatic hydroxyl groups is 1. The van der Waals surface area contributed by atoms with Crippen molar-refractivity contribution in [2.45, 2.75) is 7.43 Å². The summed E-state index contributed by atoms with van der Waals surface area (Å²) in [5.41, 5.74) is 0. The van der Waals surface area contributed by atoms with Crippen molar-refractivity contribution in [3.05, 3.63) is 6.65 Å². The molecule has 0 bridgehead atoms. The summed E-state index contributed by atoms with van der Waals surface area (Å²) >= 11 is 0. The van der Waals surface area contributed by atoms with Crippen LogP contribution in [0.5, 0.6) is 0 Å². The molecule has 0 saturated heterocycles. The third-order valence-corrected chi connectivity index (χ3v) is 0. The first kappa shape index (κ1) is 22.3. The molecule has 0 aliphatic rings.